The quantitative estimate of drug-likeness (QED) is 0.820. The highest BCUT2D eigenvalue weighted by Crippen LogP contribution is 2.25. The lowest BCUT2D eigenvalue weighted by Gasteiger charge is -2.27. The van der Waals surface area contributed by atoms with Crippen LogP contribution in [-0.4, -0.2) is 30.1 Å². The summed E-state index contributed by atoms with van der Waals surface area (Å²) in [6.45, 7) is -0.144. The molecule has 0 heterocycles. The first-order valence-electron chi connectivity index (χ1n) is 5.39. The molecule has 0 aromatic heterocycles. The molecule has 0 saturated heterocycles. The molecule has 0 fully saturated rings. The summed E-state index contributed by atoms with van der Waals surface area (Å²) in [7, 11) is 0. The molecule has 106 valence electrons. The molecule has 1 rings (SSSR count). The van der Waals surface area contributed by atoms with E-state index in [-0.39, 0.29) is 5.56 Å². The van der Waals surface area contributed by atoms with Gasteiger partial charge in [-0.15, -0.1) is 11.8 Å². The molecule has 1 aromatic carbocycles. The number of nitrogens with one attached hydrogen (secondary N) is 1. The normalized spacial score (nSPS) is 15.0. The summed E-state index contributed by atoms with van der Waals surface area (Å²) < 4.78 is 36.7. The van der Waals surface area contributed by atoms with E-state index in [4.69, 9.17) is 0 Å². The van der Waals surface area contributed by atoms with E-state index in [0.717, 1.165) is 4.90 Å². The summed E-state index contributed by atoms with van der Waals surface area (Å²) in [6.07, 6.45) is -2.61. The summed E-state index contributed by atoms with van der Waals surface area (Å²) in [5, 5.41) is 11.2. The highest BCUT2D eigenvalue weighted by Gasteiger charge is 2.39. The lowest BCUT2D eigenvalue weighted by atomic mass is 9.92. The maximum absolute atomic E-state index is 12.2. The average molecular weight is 293 g/mol. The van der Waals surface area contributed by atoms with Gasteiger partial charge < -0.3 is 5.11 Å². The number of aliphatic carboxylic acids is 1. The Kier molecular flexibility index (Phi) is 4.86. The molecule has 19 heavy (non-hydrogen) atoms. The van der Waals surface area contributed by atoms with E-state index in [9.17, 15) is 23.1 Å². The van der Waals surface area contributed by atoms with E-state index in [1.807, 2.05) is 6.26 Å². The van der Waals surface area contributed by atoms with Crippen LogP contribution in [0, 0.1) is 0 Å². The molecule has 0 aliphatic heterocycles. The minimum Gasteiger partial charge on any atom is -0.480 e. The molecular formula is C12H14F3NO2S. The van der Waals surface area contributed by atoms with Crippen molar-refractivity contribution >= 4 is 17.7 Å². The maximum atomic E-state index is 12.2. The van der Waals surface area contributed by atoms with Crippen molar-refractivity contribution in [1.29, 1.82) is 0 Å². The topological polar surface area (TPSA) is 49.3 Å². The van der Waals surface area contributed by atoms with Crippen molar-refractivity contribution in [3.8, 4) is 0 Å². The second-order valence-electron chi connectivity index (χ2n) is 4.13. The fourth-order valence-electron chi connectivity index (χ4n) is 1.50. The summed E-state index contributed by atoms with van der Waals surface area (Å²) in [6, 6.07) is 6.39. The summed E-state index contributed by atoms with van der Waals surface area (Å²) >= 11 is 1.47. The first-order chi connectivity index (χ1) is 8.69. The number of hydrogen-bond acceptors (Lipinski definition) is 3. The number of carboxylic acids is 1. The number of halogens is 3. The van der Waals surface area contributed by atoms with Crippen LogP contribution in [0.25, 0.3) is 0 Å². The van der Waals surface area contributed by atoms with Gasteiger partial charge in [0.25, 0.3) is 0 Å². The SMILES string of the molecule is CSc1ccc(C(C)(NCC(F)(F)F)C(=O)O)cc1. The van der Waals surface area contributed by atoms with Crippen LogP contribution in [0.15, 0.2) is 29.2 Å². The van der Waals surface area contributed by atoms with Gasteiger partial charge in [0, 0.05) is 4.90 Å². The third-order valence-electron chi connectivity index (χ3n) is 2.74. The molecule has 0 amide bonds. The van der Waals surface area contributed by atoms with Crippen LogP contribution in [0.4, 0.5) is 13.2 Å². The predicted octanol–water partition coefficient (Wildman–Crippen LogP) is 2.86. The van der Waals surface area contributed by atoms with Crippen LogP contribution in [0.3, 0.4) is 0 Å². The van der Waals surface area contributed by atoms with E-state index in [2.05, 4.69) is 5.32 Å². The fourth-order valence-corrected chi connectivity index (χ4v) is 1.91. The van der Waals surface area contributed by atoms with Gasteiger partial charge in [-0.2, -0.15) is 13.2 Å². The van der Waals surface area contributed by atoms with Gasteiger partial charge in [-0.25, -0.2) is 4.79 Å². The van der Waals surface area contributed by atoms with Gasteiger partial charge in [0.15, 0.2) is 0 Å². The lowest BCUT2D eigenvalue weighted by Crippen LogP contribution is -2.50. The fraction of sp³-hybridized carbons (Fsp3) is 0.417. The average Bonchev–Trinajstić information content (AvgIpc) is 2.35. The van der Waals surface area contributed by atoms with Crippen molar-refractivity contribution in [3.05, 3.63) is 29.8 Å². The van der Waals surface area contributed by atoms with Crippen LogP contribution >= 0.6 is 11.8 Å². The van der Waals surface area contributed by atoms with Gasteiger partial charge in [-0.05, 0) is 30.9 Å². The molecule has 3 nitrogen and oxygen atoms in total. The molecule has 7 heteroatoms. The van der Waals surface area contributed by atoms with E-state index < -0.39 is 24.2 Å². The molecular weight excluding hydrogens is 279 g/mol. The summed E-state index contributed by atoms with van der Waals surface area (Å²) in [4.78, 5) is 12.2. The summed E-state index contributed by atoms with van der Waals surface area (Å²) in [5.41, 5.74) is -1.49. The Hall–Kier alpha value is -1.21. The molecule has 0 aliphatic rings. The van der Waals surface area contributed by atoms with Crippen molar-refractivity contribution in [2.75, 3.05) is 12.8 Å². The van der Waals surface area contributed by atoms with Crippen LogP contribution in [0.5, 0.6) is 0 Å². The Balaban J connectivity index is 3.00. The van der Waals surface area contributed by atoms with Crippen LogP contribution in [0.1, 0.15) is 12.5 Å². The van der Waals surface area contributed by atoms with Crippen LogP contribution in [0.2, 0.25) is 0 Å². The molecule has 2 N–H and O–H groups in total. The van der Waals surface area contributed by atoms with Crippen molar-refractivity contribution in [3.63, 3.8) is 0 Å². The van der Waals surface area contributed by atoms with Crippen molar-refractivity contribution in [2.24, 2.45) is 0 Å². The van der Waals surface area contributed by atoms with E-state index in [1.54, 1.807) is 12.1 Å². The van der Waals surface area contributed by atoms with Gasteiger partial charge in [-0.1, -0.05) is 12.1 Å². The number of alkyl halides is 3. The summed E-state index contributed by atoms with van der Waals surface area (Å²) in [5.74, 6) is -1.35. The standard InChI is InChI=1S/C12H14F3NO2S/c1-11(10(17)18,16-7-12(13,14)15)8-3-5-9(19-2)6-4-8/h3-6,16H,7H2,1-2H3,(H,17,18). The van der Waals surface area contributed by atoms with Crippen molar-refractivity contribution in [2.45, 2.75) is 23.5 Å². The first kappa shape index (κ1) is 15.8. The maximum Gasteiger partial charge on any atom is 0.401 e. The number of benzene rings is 1. The van der Waals surface area contributed by atoms with E-state index in [0.29, 0.717) is 0 Å². The van der Waals surface area contributed by atoms with Gasteiger partial charge in [0.1, 0.15) is 5.54 Å². The molecule has 0 bridgehead atoms. The van der Waals surface area contributed by atoms with E-state index in [1.165, 1.54) is 30.8 Å². The molecule has 0 radical (unpaired) electrons. The second kappa shape index (κ2) is 5.83. The third kappa shape index (κ3) is 4.14. The van der Waals surface area contributed by atoms with Crippen LogP contribution < -0.4 is 5.32 Å². The number of thioether (sulfide) groups is 1. The minimum absolute atomic E-state index is 0.280. The zero-order valence-electron chi connectivity index (χ0n) is 10.4. The predicted molar refractivity (Wildman–Crippen MR) is 67.3 cm³/mol. The molecule has 1 atom stereocenters. The molecule has 0 aliphatic carbocycles. The Bertz CT molecular complexity index is 447. The largest absolute Gasteiger partial charge is 0.480 e. The van der Waals surface area contributed by atoms with Gasteiger partial charge in [0.2, 0.25) is 0 Å². The third-order valence-corrected chi connectivity index (χ3v) is 3.48. The Morgan fingerprint density at radius 3 is 2.21 bits per heavy atom. The van der Waals surface area contributed by atoms with Gasteiger partial charge in [-0.3, -0.25) is 5.32 Å². The molecule has 0 saturated carbocycles. The van der Waals surface area contributed by atoms with Crippen molar-refractivity contribution in [1.82, 2.24) is 5.32 Å². The first-order valence-corrected chi connectivity index (χ1v) is 6.61. The Morgan fingerprint density at radius 1 is 1.32 bits per heavy atom. The molecule has 1 unspecified atom stereocenters. The smallest absolute Gasteiger partial charge is 0.401 e. The lowest BCUT2D eigenvalue weighted by molar-refractivity contribution is -0.150. The molecule has 1 aromatic rings. The monoisotopic (exact) mass is 293 g/mol. The highest BCUT2D eigenvalue weighted by molar-refractivity contribution is 7.98. The van der Waals surface area contributed by atoms with Crippen molar-refractivity contribution < 1.29 is 23.1 Å². The minimum atomic E-state index is -4.46. The second-order valence-corrected chi connectivity index (χ2v) is 5.01. The zero-order valence-corrected chi connectivity index (χ0v) is 11.2. The van der Waals surface area contributed by atoms with Gasteiger partial charge in [0.05, 0.1) is 6.54 Å². The Morgan fingerprint density at radius 2 is 1.84 bits per heavy atom. The Labute approximate surface area is 113 Å². The van der Waals surface area contributed by atoms with Crippen LogP contribution in [-0.2, 0) is 10.3 Å². The molecule has 0 spiro atoms. The highest BCUT2D eigenvalue weighted by atomic mass is 32.2. The zero-order chi connectivity index (χ0) is 14.7. The van der Waals surface area contributed by atoms with Gasteiger partial charge >= 0.3 is 12.1 Å². The number of hydrogen-bond donors (Lipinski definition) is 2. The number of carboxylic acid groups (broad SMARTS) is 1. The number of rotatable bonds is 5. The number of carbonyl (C=O) groups is 1. The van der Waals surface area contributed by atoms with E-state index >= 15 is 0 Å².